The van der Waals surface area contributed by atoms with Gasteiger partial charge in [-0.25, -0.2) is 4.79 Å². The van der Waals surface area contributed by atoms with E-state index in [1.54, 1.807) is 0 Å². The van der Waals surface area contributed by atoms with Gasteiger partial charge >= 0.3 is 5.97 Å². The highest BCUT2D eigenvalue weighted by Gasteiger charge is 2.38. The number of thioether (sulfide) groups is 2. The molecule has 2 unspecified atom stereocenters. The number of carboxylic acids is 1. The van der Waals surface area contributed by atoms with Gasteiger partial charge in [-0.3, -0.25) is 9.59 Å². The van der Waals surface area contributed by atoms with Crippen molar-refractivity contribution in [2.24, 2.45) is 5.73 Å². The summed E-state index contributed by atoms with van der Waals surface area (Å²) in [4.78, 5) is 34.9. The maximum atomic E-state index is 11.9. The highest BCUT2D eigenvalue weighted by molar-refractivity contribution is 8.00. The van der Waals surface area contributed by atoms with Crippen LogP contribution in [0, 0.1) is 0 Å². The number of carboxylic acid groups (broad SMARTS) is 1. The molecule has 0 saturated carbocycles. The van der Waals surface area contributed by atoms with Gasteiger partial charge in [0.2, 0.25) is 11.8 Å². The SMILES string of the molecule is CC1SCC(C(=O)O)N1C(=O)CCSCC(N)=O. The highest BCUT2D eigenvalue weighted by Crippen LogP contribution is 2.29. The Morgan fingerprint density at radius 2 is 2.17 bits per heavy atom. The average molecular weight is 292 g/mol. The molecule has 1 saturated heterocycles. The normalized spacial score (nSPS) is 23.1. The van der Waals surface area contributed by atoms with Crippen LogP contribution in [0.5, 0.6) is 0 Å². The van der Waals surface area contributed by atoms with Crippen molar-refractivity contribution in [2.75, 3.05) is 17.3 Å². The predicted molar refractivity (Wildman–Crippen MR) is 71.3 cm³/mol. The van der Waals surface area contributed by atoms with Crippen LogP contribution in [0.2, 0.25) is 0 Å². The van der Waals surface area contributed by atoms with Crippen LogP contribution in [0.25, 0.3) is 0 Å². The smallest absolute Gasteiger partial charge is 0.327 e. The summed E-state index contributed by atoms with van der Waals surface area (Å²) in [6.07, 6.45) is 0.229. The van der Waals surface area contributed by atoms with E-state index in [2.05, 4.69) is 0 Å². The molecular weight excluding hydrogens is 276 g/mol. The fourth-order valence-corrected chi connectivity index (χ4v) is 3.53. The number of aliphatic carboxylic acids is 1. The summed E-state index contributed by atoms with van der Waals surface area (Å²) in [5.41, 5.74) is 4.98. The number of hydrogen-bond donors (Lipinski definition) is 2. The number of hydrogen-bond acceptors (Lipinski definition) is 5. The minimum Gasteiger partial charge on any atom is -0.480 e. The Hall–Kier alpha value is -0.890. The summed E-state index contributed by atoms with van der Waals surface area (Å²) < 4.78 is 0. The van der Waals surface area contributed by atoms with Gasteiger partial charge in [-0.15, -0.1) is 11.8 Å². The molecule has 102 valence electrons. The number of carbonyl (C=O) groups is 3. The monoisotopic (exact) mass is 292 g/mol. The van der Waals surface area contributed by atoms with Crippen molar-refractivity contribution in [3.63, 3.8) is 0 Å². The van der Waals surface area contributed by atoms with Crippen LogP contribution < -0.4 is 5.73 Å². The lowest BCUT2D eigenvalue weighted by molar-refractivity contribution is -0.148. The summed E-state index contributed by atoms with van der Waals surface area (Å²) in [6, 6.07) is -0.737. The Balaban J connectivity index is 2.44. The van der Waals surface area contributed by atoms with Crippen molar-refractivity contribution in [1.29, 1.82) is 0 Å². The summed E-state index contributed by atoms with van der Waals surface area (Å²) in [5.74, 6) is -0.485. The molecule has 3 N–H and O–H groups in total. The summed E-state index contributed by atoms with van der Waals surface area (Å²) >= 11 is 2.74. The van der Waals surface area contributed by atoms with Crippen LogP contribution in [0.1, 0.15) is 13.3 Å². The zero-order valence-electron chi connectivity index (χ0n) is 10.00. The molecule has 1 heterocycles. The zero-order chi connectivity index (χ0) is 13.7. The van der Waals surface area contributed by atoms with Crippen LogP contribution in [0.3, 0.4) is 0 Å². The van der Waals surface area contributed by atoms with Crippen LogP contribution >= 0.6 is 23.5 Å². The molecule has 0 aromatic rings. The number of rotatable bonds is 6. The molecule has 2 amide bonds. The maximum absolute atomic E-state index is 11.9. The molecule has 0 aromatic carbocycles. The maximum Gasteiger partial charge on any atom is 0.327 e. The van der Waals surface area contributed by atoms with Gasteiger partial charge in [0.1, 0.15) is 6.04 Å². The molecule has 8 heteroatoms. The minimum atomic E-state index is -0.968. The fourth-order valence-electron chi connectivity index (χ4n) is 1.67. The first-order valence-electron chi connectivity index (χ1n) is 5.45. The van der Waals surface area contributed by atoms with E-state index in [1.165, 1.54) is 28.4 Å². The third kappa shape index (κ3) is 4.09. The van der Waals surface area contributed by atoms with Gasteiger partial charge in [-0.2, -0.15) is 11.8 Å². The lowest BCUT2D eigenvalue weighted by Crippen LogP contribution is -2.44. The summed E-state index contributed by atoms with van der Waals surface area (Å²) in [5, 5.41) is 8.91. The fraction of sp³-hybridized carbons (Fsp3) is 0.700. The Kier molecular flexibility index (Phi) is 5.80. The van der Waals surface area contributed by atoms with Crippen LogP contribution in [-0.4, -0.2) is 56.5 Å². The number of amides is 2. The Morgan fingerprint density at radius 1 is 1.50 bits per heavy atom. The van der Waals surface area contributed by atoms with E-state index < -0.39 is 17.9 Å². The topological polar surface area (TPSA) is 101 Å². The van der Waals surface area contributed by atoms with Crippen molar-refractivity contribution in [2.45, 2.75) is 24.8 Å². The summed E-state index contributed by atoms with van der Waals surface area (Å²) in [6.45, 7) is 1.82. The van der Waals surface area contributed by atoms with Crippen LogP contribution in [-0.2, 0) is 14.4 Å². The van der Waals surface area contributed by atoms with Crippen molar-refractivity contribution < 1.29 is 19.5 Å². The zero-order valence-corrected chi connectivity index (χ0v) is 11.6. The molecule has 2 atom stereocenters. The predicted octanol–water partition coefficient (Wildman–Crippen LogP) is -0.0304. The number of nitrogens with two attached hydrogens (primary N) is 1. The van der Waals surface area contributed by atoms with Crippen molar-refractivity contribution in [3.05, 3.63) is 0 Å². The Morgan fingerprint density at radius 3 is 2.72 bits per heavy atom. The molecule has 0 spiro atoms. The van der Waals surface area contributed by atoms with Gasteiger partial charge in [0.15, 0.2) is 0 Å². The molecule has 1 aliphatic rings. The molecule has 0 aromatic heterocycles. The van der Waals surface area contributed by atoms with E-state index in [1.807, 2.05) is 6.92 Å². The first-order valence-corrected chi connectivity index (χ1v) is 7.65. The second-order valence-corrected chi connectivity index (χ2v) is 6.31. The van der Waals surface area contributed by atoms with Gasteiger partial charge < -0.3 is 15.7 Å². The molecule has 0 radical (unpaired) electrons. The van der Waals surface area contributed by atoms with Gasteiger partial charge in [0.25, 0.3) is 0 Å². The van der Waals surface area contributed by atoms with E-state index in [0.717, 1.165) is 0 Å². The van der Waals surface area contributed by atoms with E-state index in [9.17, 15) is 14.4 Å². The summed E-state index contributed by atoms with van der Waals surface area (Å²) in [7, 11) is 0. The van der Waals surface area contributed by atoms with Gasteiger partial charge in [-0.05, 0) is 6.92 Å². The second kappa shape index (κ2) is 6.89. The van der Waals surface area contributed by atoms with Crippen molar-refractivity contribution >= 4 is 41.3 Å². The van der Waals surface area contributed by atoms with E-state index in [0.29, 0.717) is 11.5 Å². The molecule has 0 bridgehead atoms. The van der Waals surface area contributed by atoms with E-state index in [-0.39, 0.29) is 23.5 Å². The molecule has 18 heavy (non-hydrogen) atoms. The van der Waals surface area contributed by atoms with Gasteiger partial charge in [-0.1, -0.05) is 0 Å². The highest BCUT2D eigenvalue weighted by atomic mass is 32.2. The number of primary amides is 1. The van der Waals surface area contributed by atoms with Gasteiger partial charge in [0, 0.05) is 17.9 Å². The van der Waals surface area contributed by atoms with Gasteiger partial charge in [0.05, 0.1) is 11.1 Å². The minimum absolute atomic E-state index is 0.111. The largest absolute Gasteiger partial charge is 0.480 e. The quantitative estimate of drug-likeness (QED) is 0.667. The van der Waals surface area contributed by atoms with Crippen LogP contribution in [0.15, 0.2) is 0 Å². The lowest BCUT2D eigenvalue weighted by Gasteiger charge is -2.24. The molecule has 0 aliphatic carbocycles. The standard InChI is InChI=1S/C10H16N2O4S2/c1-6-12(7(4-18-6)10(15)16)9(14)2-3-17-5-8(11)13/h6-7H,2-5H2,1H3,(H2,11,13)(H,15,16). The van der Waals surface area contributed by atoms with Crippen molar-refractivity contribution in [1.82, 2.24) is 4.90 Å². The molecule has 1 fully saturated rings. The Labute approximate surface area is 114 Å². The first-order chi connectivity index (χ1) is 8.43. The molecule has 6 nitrogen and oxygen atoms in total. The van der Waals surface area contributed by atoms with E-state index >= 15 is 0 Å². The Bertz CT molecular complexity index is 351. The van der Waals surface area contributed by atoms with Crippen LogP contribution in [0.4, 0.5) is 0 Å². The first kappa shape index (κ1) is 15.2. The molecule has 1 aliphatic heterocycles. The average Bonchev–Trinajstić information content (AvgIpc) is 2.66. The van der Waals surface area contributed by atoms with Crippen molar-refractivity contribution in [3.8, 4) is 0 Å². The molecular formula is C10H16N2O4S2. The lowest BCUT2D eigenvalue weighted by atomic mass is 10.2. The van der Waals surface area contributed by atoms with E-state index in [4.69, 9.17) is 10.8 Å². The number of carbonyl (C=O) groups excluding carboxylic acids is 2. The third-order valence-electron chi connectivity index (χ3n) is 2.50. The molecule has 1 rings (SSSR count). The second-order valence-electron chi connectivity index (χ2n) is 3.86. The third-order valence-corrected chi connectivity index (χ3v) is 4.70. The number of nitrogens with zero attached hydrogens (tertiary/aromatic N) is 1.